The lowest BCUT2D eigenvalue weighted by atomic mass is 9.40. The maximum Gasteiger partial charge on any atom is 0.226 e. The number of allylic oxidation sites excluding steroid dienone is 4. The van der Waals surface area contributed by atoms with Crippen molar-refractivity contribution in [2.75, 3.05) is 13.1 Å². The van der Waals surface area contributed by atoms with Crippen molar-refractivity contribution < 1.29 is 14.4 Å². The molecule has 5 N–H and O–H groups in total. The lowest BCUT2D eigenvalue weighted by Gasteiger charge is -2.63. The Morgan fingerprint density at radius 3 is 2.19 bits per heavy atom. The van der Waals surface area contributed by atoms with Gasteiger partial charge in [-0.05, 0) is 105 Å². The number of hydrogen-bond acceptors (Lipinski definition) is 5. The number of Topliss-reactive ketones (excluding diaryl/α,β-unsaturated/α-hetero) is 1. The molecule has 2 saturated carbocycles. The summed E-state index contributed by atoms with van der Waals surface area (Å²) in [6.45, 7) is 19.2. The molecule has 0 heterocycles. The van der Waals surface area contributed by atoms with Gasteiger partial charge in [-0.3, -0.25) is 14.4 Å². The van der Waals surface area contributed by atoms with Gasteiger partial charge in [0.25, 0.3) is 0 Å². The number of rotatable bonds is 11. The minimum atomic E-state index is -0.588. The van der Waals surface area contributed by atoms with Crippen LogP contribution in [0.15, 0.2) is 23.4 Å². The molecule has 3 rings (SSSR count). The highest BCUT2D eigenvalue weighted by atomic mass is 16.2. The molecule has 1 unspecified atom stereocenters. The van der Waals surface area contributed by atoms with Gasteiger partial charge < -0.3 is 16.8 Å². The van der Waals surface area contributed by atoms with Gasteiger partial charge >= 0.3 is 0 Å². The van der Waals surface area contributed by atoms with Crippen LogP contribution in [-0.2, 0) is 14.4 Å². The number of amides is 1. The molecule has 3 aliphatic carbocycles. The van der Waals surface area contributed by atoms with Gasteiger partial charge in [0.05, 0.1) is 5.70 Å². The third-order valence-electron chi connectivity index (χ3n) is 12.1. The van der Waals surface area contributed by atoms with Gasteiger partial charge in [0.2, 0.25) is 5.91 Å². The van der Waals surface area contributed by atoms with Gasteiger partial charge in [-0.25, -0.2) is 0 Å². The molecule has 238 valence electrons. The van der Waals surface area contributed by atoms with E-state index in [0.717, 1.165) is 102 Å². The van der Waals surface area contributed by atoms with Crippen molar-refractivity contribution in [2.45, 2.75) is 132 Å². The third kappa shape index (κ3) is 6.44. The maximum atomic E-state index is 13.9. The molecule has 1 amide bonds. The van der Waals surface area contributed by atoms with E-state index in [9.17, 15) is 14.4 Å². The molecule has 42 heavy (non-hydrogen) atoms. The van der Waals surface area contributed by atoms with Gasteiger partial charge in [-0.15, -0.1) is 0 Å². The van der Waals surface area contributed by atoms with Crippen molar-refractivity contribution in [3.05, 3.63) is 23.4 Å². The average molecular weight is 584 g/mol. The summed E-state index contributed by atoms with van der Waals surface area (Å²) in [5, 5.41) is 3.33. The molecule has 0 aromatic carbocycles. The predicted molar refractivity (Wildman–Crippen MR) is 172 cm³/mol. The van der Waals surface area contributed by atoms with E-state index in [1.165, 1.54) is 0 Å². The van der Waals surface area contributed by atoms with Crippen molar-refractivity contribution in [1.82, 2.24) is 5.32 Å². The fraction of sp³-hybridized carbons (Fsp3) is 0.806. The number of aldehydes is 1. The van der Waals surface area contributed by atoms with E-state index in [1.54, 1.807) is 6.08 Å². The van der Waals surface area contributed by atoms with Crippen molar-refractivity contribution in [3.63, 3.8) is 0 Å². The van der Waals surface area contributed by atoms with Crippen molar-refractivity contribution >= 4 is 18.0 Å². The second-order valence-electron chi connectivity index (χ2n) is 16.4. The van der Waals surface area contributed by atoms with Crippen LogP contribution in [0, 0.1) is 38.4 Å². The smallest absolute Gasteiger partial charge is 0.226 e. The SMILES string of the molecule is CC(C)(C)CCC1(C(=O)NCCCCCCN)CCC(C)(C2(C)CC[C@H]3C(C)(C)C(=O)C(N)=C[C@]3(C)/C2=C/C=O)CC1. The number of carbonyl (C=O) groups excluding carboxylic acids is 3. The van der Waals surface area contributed by atoms with E-state index in [1.807, 2.05) is 19.9 Å². The molecule has 0 radical (unpaired) electrons. The number of hydrogen-bond donors (Lipinski definition) is 3. The Balaban J connectivity index is 1.89. The molecular weight excluding hydrogens is 522 g/mol. The fourth-order valence-corrected chi connectivity index (χ4v) is 8.97. The Labute approximate surface area is 256 Å². The van der Waals surface area contributed by atoms with Crippen LogP contribution in [0.1, 0.15) is 132 Å². The topological polar surface area (TPSA) is 115 Å². The van der Waals surface area contributed by atoms with Crippen LogP contribution in [0.3, 0.4) is 0 Å². The van der Waals surface area contributed by atoms with Crippen LogP contribution in [-0.4, -0.2) is 31.1 Å². The molecule has 2 fully saturated rings. The standard InChI is InChI=1S/C36H61N3O3/c1-31(2,3)16-19-36(30(42)39-23-12-10-9-11-22-37)20-17-33(6,18-21-36)35(8)15-13-27-32(4,5)29(41)26(38)25-34(27,7)28(35)14-24-40/h14,24-25,27H,9-13,15-23,37-38H2,1-8H3,(H,39,42)/b28-14-/t27-,33?,34-,35?,36?/m0/s1. The van der Waals surface area contributed by atoms with Crippen molar-refractivity contribution in [1.29, 1.82) is 0 Å². The molecule has 3 aliphatic rings. The van der Waals surface area contributed by atoms with Crippen LogP contribution in [0.5, 0.6) is 0 Å². The summed E-state index contributed by atoms with van der Waals surface area (Å²) >= 11 is 0. The van der Waals surface area contributed by atoms with E-state index >= 15 is 0 Å². The van der Waals surface area contributed by atoms with Crippen LogP contribution < -0.4 is 16.8 Å². The zero-order valence-electron chi connectivity index (χ0n) is 28.1. The maximum absolute atomic E-state index is 13.9. The molecule has 0 bridgehead atoms. The zero-order chi connectivity index (χ0) is 31.6. The van der Waals surface area contributed by atoms with E-state index in [2.05, 4.69) is 46.9 Å². The molecule has 0 spiro atoms. The highest BCUT2D eigenvalue weighted by Crippen LogP contribution is 2.69. The van der Waals surface area contributed by atoms with Crippen LogP contribution >= 0.6 is 0 Å². The molecule has 0 aromatic rings. The molecule has 6 heteroatoms. The Bertz CT molecular complexity index is 1070. The first-order valence-corrected chi connectivity index (χ1v) is 16.6. The molecule has 6 nitrogen and oxygen atoms in total. The highest BCUT2D eigenvalue weighted by Gasteiger charge is 2.62. The Hall–Kier alpha value is -1.95. The van der Waals surface area contributed by atoms with Crippen LogP contribution in [0.25, 0.3) is 0 Å². The number of carbonyl (C=O) groups is 3. The second kappa shape index (κ2) is 12.6. The molecular formula is C36H61N3O3. The summed E-state index contributed by atoms with van der Waals surface area (Å²) in [6, 6.07) is 0. The number of fused-ring (bicyclic) bond motifs is 1. The largest absolute Gasteiger partial charge is 0.396 e. The normalized spacial score (nSPS) is 35.8. The lowest BCUT2D eigenvalue weighted by Crippen LogP contribution is -2.58. The number of nitrogens with two attached hydrogens (primary N) is 2. The summed E-state index contributed by atoms with van der Waals surface area (Å²) in [4.78, 5) is 39.2. The first-order valence-electron chi connectivity index (χ1n) is 16.6. The van der Waals surface area contributed by atoms with Gasteiger partial charge in [0, 0.05) is 22.8 Å². The monoisotopic (exact) mass is 583 g/mol. The fourth-order valence-electron chi connectivity index (χ4n) is 8.97. The molecule has 0 saturated heterocycles. The third-order valence-corrected chi connectivity index (χ3v) is 12.1. The molecule has 3 atom stereocenters. The zero-order valence-corrected chi connectivity index (χ0v) is 28.1. The highest BCUT2D eigenvalue weighted by molar-refractivity contribution is 6.00. The first-order chi connectivity index (χ1) is 19.4. The van der Waals surface area contributed by atoms with Gasteiger partial charge in [-0.1, -0.05) is 73.8 Å². The summed E-state index contributed by atoms with van der Waals surface area (Å²) in [5.74, 6) is 0.315. The second-order valence-corrected chi connectivity index (χ2v) is 16.4. The number of ketones is 1. The number of unbranched alkanes of at least 4 members (excludes halogenated alkanes) is 3. The van der Waals surface area contributed by atoms with Gasteiger partial charge in [0.1, 0.15) is 6.29 Å². The summed E-state index contributed by atoms with van der Waals surface area (Å²) < 4.78 is 0. The molecule has 0 aromatic heterocycles. The van der Waals surface area contributed by atoms with E-state index < -0.39 is 10.8 Å². The minimum Gasteiger partial charge on any atom is -0.396 e. The van der Waals surface area contributed by atoms with Gasteiger partial charge in [0.15, 0.2) is 5.78 Å². The van der Waals surface area contributed by atoms with Gasteiger partial charge in [-0.2, -0.15) is 0 Å². The van der Waals surface area contributed by atoms with E-state index in [0.29, 0.717) is 5.70 Å². The van der Waals surface area contributed by atoms with Crippen LogP contribution in [0.2, 0.25) is 0 Å². The average Bonchev–Trinajstić information content (AvgIpc) is 2.91. The van der Waals surface area contributed by atoms with E-state index in [-0.39, 0.29) is 39.3 Å². The first kappa shape index (κ1) is 34.5. The Morgan fingerprint density at radius 2 is 1.62 bits per heavy atom. The van der Waals surface area contributed by atoms with E-state index in [4.69, 9.17) is 11.5 Å². The lowest BCUT2D eigenvalue weighted by molar-refractivity contribution is -0.139. The quantitative estimate of drug-likeness (QED) is 0.137. The predicted octanol–water partition coefficient (Wildman–Crippen LogP) is 7.01. The minimum absolute atomic E-state index is 0.0110. The number of nitrogens with one attached hydrogen (secondary N) is 1. The Morgan fingerprint density at radius 1 is 1.00 bits per heavy atom. The summed E-state index contributed by atoms with van der Waals surface area (Å²) in [5.41, 5.74) is 11.8. The summed E-state index contributed by atoms with van der Waals surface area (Å²) in [6.07, 6.45) is 16.2. The molecule has 0 aliphatic heterocycles. The summed E-state index contributed by atoms with van der Waals surface area (Å²) in [7, 11) is 0. The van der Waals surface area contributed by atoms with Crippen molar-refractivity contribution in [3.8, 4) is 0 Å². The van der Waals surface area contributed by atoms with Crippen molar-refractivity contribution in [2.24, 2.45) is 49.9 Å². The van der Waals surface area contributed by atoms with Crippen LogP contribution in [0.4, 0.5) is 0 Å². The Kier molecular flexibility index (Phi) is 10.3.